The predicted molar refractivity (Wildman–Crippen MR) is 52.3 cm³/mol. The van der Waals surface area contributed by atoms with Gasteiger partial charge >= 0.3 is 0 Å². The van der Waals surface area contributed by atoms with Gasteiger partial charge in [0, 0.05) is 13.2 Å². The minimum Gasteiger partial charge on any atom is -0.383 e. The van der Waals surface area contributed by atoms with Crippen molar-refractivity contribution in [1.82, 2.24) is 5.32 Å². The van der Waals surface area contributed by atoms with Crippen LogP contribution in [-0.2, 0) is 9.53 Å². The van der Waals surface area contributed by atoms with Crippen molar-refractivity contribution in [2.24, 2.45) is 11.7 Å². The van der Waals surface area contributed by atoms with Gasteiger partial charge in [-0.05, 0) is 12.8 Å². The standard InChI is InChI=1S/C9H20N2O2/c1-6(2)8(10)9(12)11-7(3)5-13-4/h6-8H,5,10H2,1-4H3,(H,11,12)/t7?,8-/m0/s1. The highest BCUT2D eigenvalue weighted by Gasteiger charge is 2.18. The molecule has 0 aromatic carbocycles. The Morgan fingerprint density at radius 3 is 2.38 bits per heavy atom. The summed E-state index contributed by atoms with van der Waals surface area (Å²) in [6.07, 6.45) is 0. The van der Waals surface area contributed by atoms with Gasteiger partial charge in [0.15, 0.2) is 0 Å². The molecule has 3 N–H and O–H groups in total. The Kier molecular flexibility index (Phi) is 5.66. The Balaban J connectivity index is 3.85. The second-order valence-corrected chi connectivity index (χ2v) is 3.63. The highest BCUT2D eigenvalue weighted by molar-refractivity contribution is 5.81. The lowest BCUT2D eigenvalue weighted by Gasteiger charge is -2.18. The number of carbonyl (C=O) groups excluding carboxylic acids is 1. The van der Waals surface area contributed by atoms with E-state index >= 15 is 0 Å². The summed E-state index contributed by atoms with van der Waals surface area (Å²) in [7, 11) is 1.60. The van der Waals surface area contributed by atoms with Crippen LogP contribution >= 0.6 is 0 Å². The summed E-state index contributed by atoms with van der Waals surface area (Å²) in [5.41, 5.74) is 5.65. The van der Waals surface area contributed by atoms with E-state index in [9.17, 15) is 4.79 Å². The summed E-state index contributed by atoms with van der Waals surface area (Å²) in [5, 5.41) is 2.77. The van der Waals surface area contributed by atoms with E-state index < -0.39 is 6.04 Å². The van der Waals surface area contributed by atoms with Crippen LogP contribution in [0.25, 0.3) is 0 Å². The van der Waals surface area contributed by atoms with E-state index in [1.807, 2.05) is 20.8 Å². The number of nitrogens with one attached hydrogen (secondary N) is 1. The second-order valence-electron chi connectivity index (χ2n) is 3.63. The molecule has 1 unspecified atom stereocenters. The third kappa shape index (κ3) is 4.85. The quantitative estimate of drug-likeness (QED) is 0.644. The van der Waals surface area contributed by atoms with Crippen molar-refractivity contribution >= 4 is 5.91 Å². The van der Waals surface area contributed by atoms with Crippen molar-refractivity contribution in [3.05, 3.63) is 0 Å². The van der Waals surface area contributed by atoms with Crippen molar-refractivity contribution < 1.29 is 9.53 Å². The maximum absolute atomic E-state index is 11.4. The van der Waals surface area contributed by atoms with Gasteiger partial charge in [-0.3, -0.25) is 4.79 Å². The molecule has 0 radical (unpaired) electrons. The smallest absolute Gasteiger partial charge is 0.237 e. The van der Waals surface area contributed by atoms with Crippen LogP contribution in [0.2, 0.25) is 0 Å². The number of methoxy groups -OCH3 is 1. The average Bonchev–Trinajstić information content (AvgIpc) is 2.03. The molecule has 0 bridgehead atoms. The van der Waals surface area contributed by atoms with Crippen LogP contribution in [0, 0.1) is 5.92 Å². The minimum absolute atomic E-state index is 0.0160. The van der Waals surface area contributed by atoms with Gasteiger partial charge in [-0.15, -0.1) is 0 Å². The molecule has 0 heterocycles. The van der Waals surface area contributed by atoms with E-state index in [1.165, 1.54) is 0 Å². The zero-order valence-corrected chi connectivity index (χ0v) is 8.83. The van der Waals surface area contributed by atoms with Crippen LogP contribution in [0.5, 0.6) is 0 Å². The molecule has 0 saturated heterocycles. The Hall–Kier alpha value is -0.610. The molecule has 0 spiro atoms. The molecule has 13 heavy (non-hydrogen) atoms. The van der Waals surface area contributed by atoms with Crippen molar-refractivity contribution in [2.75, 3.05) is 13.7 Å². The van der Waals surface area contributed by atoms with Gasteiger partial charge in [0.1, 0.15) is 0 Å². The number of ether oxygens (including phenoxy) is 1. The molecule has 78 valence electrons. The van der Waals surface area contributed by atoms with Crippen molar-refractivity contribution in [3.63, 3.8) is 0 Å². The average molecular weight is 188 g/mol. The highest BCUT2D eigenvalue weighted by atomic mass is 16.5. The van der Waals surface area contributed by atoms with Crippen molar-refractivity contribution in [1.29, 1.82) is 0 Å². The Morgan fingerprint density at radius 1 is 1.46 bits per heavy atom. The van der Waals surface area contributed by atoms with Crippen LogP contribution in [0.4, 0.5) is 0 Å². The van der Waals surface area contributed by atoms with E-state index in [0.29, 0.717) is 6.61 Å². The van der Waals surface area contributed by atoms with E-state index in [1.54, 1.807) is 7.11 Å². The third-order valence-electron chi connectivity index (χ3n) is 1.83. The zero-order chi connectivity index (χ0) is 10.4. The van der Waals surface area contributed by atoms with Gasteiger partial charge in [0.25, 0.3) is 0 Å². The summed E-state index contributed by atoms with van der Waals surface area (Å²) in [5.74, 6) is 0.0503. The van der Waals surface area contributed by atoms with Crippen LogP contribution in [0.3, 0.4) is 0 Å². The molecule has 0 aromatic rings. The molecule has 0 fully saturated rings. The predicted octanol–water partition coefficient (Wildman–Crippen LogP) is 0.121. The Labute approximate surface area is 79.8 Å². The summed E-state index contributed by atoms with van der Waals surface area (Å²) in [4.78, 5) is 11.4. The molecule has 4 nitrogen and oxygen atoms in total. The van der Waals surface area contributed by atoms with E-state index in [0.717, 1.165) is 0 Å². The number of carbonyl (C=O) groups is 1. The lowest BCUT2D eigenvalue weighted by Crippen LogP contribution is -2.48. The molecule has 0 saturated carbocycles. The van der Waals surface area contributed by atoms with Gasteiger partial charge in [-0.1, -0.05) is 13.8 Å². The molecule has 4 heteroatoms. The number of amides is 1. The SMILES string of the molecule is COCC(C)NC(=O)[C@@H](N)C(C)C. The van der Waals surface area contributed by atoms with Gasteiger partial charge in [0.05, 0.1) is 12.6 Å². The van der Waals surface area contributed by atoms with Crippen LogP contribution in [-0.4, -0.2) is 31.7 Å². The van der Waals surface area contributed by atoms with E-state index in [-0.39, 0.29) is 17.9 Å². The monoisotopic (exact) mass is 188 g/mol. The normalized spacial score (nSPS) is 15.5. The molecular formula is C9H20N2O2. The first-order valence-corrected chi connectivity index (χ1v) is 4.54. The summed E-state index contributed by atoms with van der Waals surface area (Å²) >= 11 is 0. The molecule has 0 aliphatic rings. The number of nitrogens with two attached hydrogens (primary N) is 1. The molecule has 2 atom stereocenters. The Bertz CT molecular complexity index is 160. The zero-order valence-electron chi connectivity index (χ0n) is 8.83. The Morgan fingerprint density at radius 2 is 2.00 bits per heavy atom. The first-order chi connectivity index (χ1) is 5.99. The lowest BCUT2D eigenvalue weighted by molar-refractivity contribution is -0.124. The van der Waals surface area contributed by atoms with Crippen LogP contribution in [0.15, 0.2) is 0 Å². The summed E-state index contributed by atoms with van der Waals surface area (Å²) < 4.78 is 4.89. The first kappa shape index (κ1) is 12.4. The minimum atomic E-state index is -0.431. The topological polar surface area (TPSA) is 64.3 Å². The van der Waals surface area contributed by atoms with E-state index in [2.05, 4.69) is 5.32 Å². The lowest BCUT2D eigenvalue weighted by atomic mass is 10.0. The van der Waals surface area contributed by atoms with Gasteiger partial charge in [-0.25, -0.2) is 0 Å². The largest absolute Gasteiger partial charge is 0.383 e. The highest BCUT2D eigenvalue weighted by Crippen LogP contribution is 1.98. The second kappa shape index (κ2) is 5.94. The molecule has 0 aliphatic carbocycles. The third-order valence-corrected chi connectivity index (χ3v) is 1.83. The van der Waals surface area contributed by atoms with Crippen LogP contribution < -0.4 is 11.1 Å². The molecule has 0 aliphatic heterocycles. The number of hydrogen-bond acceptors (Lipinski definition) is 3. The molecule has 0 aromatic heterocycles. The molecular weight excluding hydrogens is 168 g/mol. The van der Waals surface area contributed by atoms with Crippen molar-refractivity contribution in [2.45, 2.75) is 32.9 Å². The number of hydrogen-bond donors (Lipinski definition) is 2. The van der Waals surface area contributed by atoms with Crippen LogP contribution in [0.1, 0.15) is 20.8 Å². The fraction of sp³-hybridized carbons (Fsp3) is 0.889. The van der Waals surface area contributed by atoms with Crippen molar-refractivity contribution in [3.8, 4) is 0 Å². The summed E-state index contributed by atoms with van der Waals surface area (Å²) in [6.45, 7) is 6.24. The van der Waals surface area contributed by atoms with E-state index in [4.69, 9.17) is 10.5 Å². The first-order valence-electron chi connectivity index (χ1n) is 4.54. The van der Waals surface area contributed by atoms with Gasteiger partial charge in [-0.2, -0.15) is 0 Å². The van der Waals surface area contributed by atoms with Gasteiger partial charge in [0.2, 0.25) is 5.91 Å². The summed E-state index contributed by atoms with van der Waals surface area (Å²) in [6, 6.07) is -0.415. The maximum atomic E-state index is 11.4. The fourth-order valence-corrected chi connectivity index (χ4v) is 0.933. The number of rotatable bonds is 5. The molecule has 0 rings (SSSR count). The maximum Gasteiger partial charge on any atom is 0.237 e. The molecule has 1 amide bonds. The fourth-order valence-electron chi connectivity index (χ4n) is 0.933. The van der Waals surface area contributed by atoms with Gasteiger partial charge < -0.3 is 15.8 Å².